The Morgan fingerprint density at radius 2 is 1.56 bits per heavy atom. The second kappa shape index (κ2) is 14.2. The summed E-state index contributed by atoms with van der Waals surface area (Å²) < 4.78 is 18.5. The van der Waals surface area contributed by atoms with Gasteiger partial charge >= 0.3 is 0 Å². The fourth-order valence-corrected chi connectivity index (χ4v) is 4.55. The van der Waals surface area contributed by atoms with Gasteiger partial charge in [0.25, 0.3) is 11.8 Å². The zero-order valence-corrected chi connectivity index (χ0v) is 23.4. The van der Waals surface area contributed by atoms with Crippen LogP contribution >= 0.6 is 23.4 Å². The number of anilines is 2. The lowest BCUT2D eigenvalue weighted by Gasteiger charge is -2.12. The van der Waals surface area contributed by atoms with Crippen molar-refractivity contribution in [2.75, 3.05) is 23.5 Å². The van der Waals surface area contributed by atoms with Crippen LogP contribution < -0.4 is 20.7 Å². The van der Waals surface area contributed by atoms with Gasteiger partial charge in [0, 0.05) is 21.8 Å². The highest BCUT2D eigenvalue weighted by atomic mass is 35.5. The third kappa shape index (κ3) is 8.69. The Bertz CT molecular complexity index is 1560. The molecule has 10 heteroatoms. The van der Waals surface area contributed by atoms with Crippen LogP contribution in [0.15, 0.2) is 108 Å². The summed E-state index contributed by atoms with van der Waals surface area (Å²) in [7, 11) is 1.51. The molecule has 0 spiro atoms. The third-order valence-electron chi connectivity index (χ3n) is 5.63. The number of nitrogens with one attached hydrogen (secondary N) is 3. The maximum absolute atomic E-state index is 13.4. The number of amides is 3. The summed E-state index contributed by atoms with van der Waals surface area (Å²) in [4.78, 5) is 39.1. The molecule has 0 aliphatic heterocycles. The van der Waals surface area contributed by atoms with Crippen LogP contribution in [0.4, 0.5) is 15.8 Å². The highest BCUT2D eigenvalue weighted by Gasteiger charge is 2.15. The van der Waals surface area contributed by atoms with Crippen LogP contribution in [0.3, 0.4) is 0 Å². The molecule has 0 atom stereocenters. The minimum absolute atomic E-state index is 0.0146. The van der Waals surface area contributed by atoms with Gasteiger partial charge in [0.1, 0.15) is 17.3 Å². The predicted octanol–water partition coefficient (Wildman–Crippen LogP) is 6.63. The smallest absolute Gasteiger partial charge is 0.272 e. The lowest BCUT2D eigenvalue weighted by molar-refractivity contribution is -0.114. The first-order chi connectivity index (χ1) is 19.8. The molecule has 4 rings (SSSR count). The average Bonchev–Trinajstić information content (AvgIpc) is 2.98. The first kappa shape index (κ1) is 29.4. The quantitative estimate of drug-likeness (QED) is 0.143. The van der Waals surface area contributed by atoms with Crippen molar-refractivity contribution in [2.45, 2.75) is 4.90 Å². The average molecular weight is 590 g/mol. The molecule has 3 amide bonds. The number of carbonyl (C=O) groups excluding carboxylic acids is 3. The van der Waals surface area contributed by atoms with Crippen LogP contribution in [0, 0.1) is 5.82 Å². The fourth-order valence-electron chi connectivity index (χ4n) is 3.59. The topological polar surface area (TPSA) is 96.5 Å². The van der Waals surface area contributed by atoms with Crippen LogP contribution in [0.25, 0.3) is 6.08 Å². The summed E-state index contributed by atoms with van der Waals surface area (Å²) in [5.41, 5.74) is 1.94. The van der Waals surface area contributed by atoms with Gasteiger partial charge in [-0.1, -0.05) is 41.9 Å². The number of thioether (sulfide) groups is 1. The summed E-state index contributed by atoms with van der Waals surface area (Å²) in [6.45, 7) is 0. The summed E-state index contributed by atoms with van der Waals surface area (Å²) in [6, 6.07) is 25.9. The van der Waals surface area contributed by atoms with E-state index in [-0.39, 0.29) is 17.4 Å². The highest BCUT2D eigenvalue weighted by molar-refractivity contribution is 8.00. The van der Waals surface area contributed by atoms with E-state index in [4.69, 9.17) is 16.3 Å². The highest BCUT2D eigenvalue weighted by Crippen LogP contribution is 2.27. The van der Waals surface area contributed by atoms with Crippen molar-refractivity contribution in [1.82, 2.24) is 5.32 Å². The van der Waals surface area contributed by atoms with Gasteiger partial charge in [0.2, 0.25) is 5.91 Å². The SMILES string of the molecule is COc1ccc(NC(=O)CSc2ccc(NC(=O)/C(=C/c3ccc(F)cc3)NC(=O)c3ccccc3)cc2)cc1Cl. The summed E-state index contributed by atoms with van der Waals surface area (Å²) in [5.74, 6) is -0.971. The van der Waals surface area contributed by atoms with E-state index in [2.05, 4.69) is 16.0 Å². The number of carbonyl (C=O) groups is 3. The molecule has 208 valence electrons. The molecule has 0 fully saturated rings. The first-order valence-corrected chi connectivity index (χ1v) is 13.7. The van der Waals surface area contributed by atoms with Gasteiger partial charge in [-0.05, 0) is 78.4 Å². The van der Waals surface area contributed by atoms with Gasteiger partial charge in [-0.25, -0.2) is 4.39 Å². The number of hydrogen-bond donors (Lipinski definition) is 3. The minimum atomic E-state index is -0.559. The molecule has 41 heavy (non-hydrogen) atoms. The first-order valence-electron chi connectivity index (χ1n) is 12.3. The largest absolute Gasteiger partial charge is 0.495 e. The molecule has 0 saturated heterocycles. The number of halogens is 2. The van der Waals surface area contributed by atoms with Gasteiger partial charge in [-0.15, -0.1) is 11.8 Å². The van der Waals surface area contributed by atoms with E-state index in [1.54, 1.807) is 72.8 Å². The Kier molecular flexibility index (Phi) is 10.1. The number of methoxy groups -OCH3 is 1. The van der Waals surface area contributed by atoms with E-state index in [0.29, 0.717) is 33.3 Å². The van der Waals surface area contributed by atoms with Crippen molar-refractivity contribution in [3.8, 4) is 5.75 Å². The molecule has 0 unspecified atom stereocenters. The van der Waals surface area contributed by atoms with Crippen LogP contribution in [0.5, 0.6) is 5.75 Å². The standard InChI is InChI=1S/C31H25ClFN3O4S/c1-40-28-16-13-24(18-26(28)32)34-29(37)19-41-25-14-11-23(12-15-25)35-31(39)27(17-20-7-9-22(33)10-8-20)36-30(38)21-5-3-2-4-6-21/h2-18H,19H2,1H3,(H,34,37)(H,35,39)(H,36,38)/b27-17-. The van der Waals surface area contributed by atoms with Crippen molar-refractivity contribution in [1.29, 1.82) is 0 Å². The molecule has 0 saturated carbocycles. The summed E-state index contributed by atoms with van der Waals surface area (Å²) in [5, 5.41) is 8.59. The van der Waals surface area contributed by atoms with Crippen molar-refractivity contribution in [3.05, 3.63) is 125 Å². The van der Waals surface area contributed by atoms with Crippen LogP contribution in [0.1, 0.15) is 15.9 Å². The van der Waals surface area contributed by atoms with Crippen LogP contribution in [-0.4, -0.2) is 30.6 Å². The van der Waals surface area contributed by atoms with E-state index in [0.717, 1.165) is 4.90 Å². The Hall–Kier alpha value is -4.60. The Morgan fingerprint density at radius 1 is 0.878 bits per heavy atom. The maximum atomic E-state index is 13.4. The molecule has 7 nitrogen and oxygen atoms in total. The number of hydrogen-bond acceptors (Lipinski definition) is 5. The van der Waals surface area contributed by atoms with Gasteiger partial charge < -0.3 is 20.7 Å². The molecule has 0 heterocycles. The van der Waals surface area contributed by atoms with E-state index < -0.39 is 17.6 Å². The number of benzene rings is 4. The Morgan fingerprint density at radius 3 is 2.22 bits per heavy atom. The molecule has 0 aliphatic rings. The Balaban J connectivity index is 1.38. The normalized spacial score (nSPS) is 11.0. The van der Waals surface area contributed by atoms with Gasteiger partial charge in [0.15, 0.2) is 0 Å². The lowest BCUT2D eigenvalue weighted by Crippen LogP contribution is -2.30. The number of ether oxygens (including phenoxy) is 1. The molecule has 0 aromatic heterocycles. The summed E-state index contributed by atoms with van der Waals surface area (Å²) >= 11 is 7.43. The van der Waals surface area contributed by atoms with Crippen LogP contribution in [-0.2, 0) is 9.59 Å². The van der Waals surface area contributed by atoms with Gasteiger partial charge in [-0.2, -0.15) is 0 Å². The zero-order chi connectivity index (χ0) is 29.2. The molecular weight excluding hydrogens is 565 g/mol. The lowest BCUT2D eigenvalue weighted by atomic mass is 10.1. The van der Waals surface area contributed by atoms with Crippen molar-refractivity contribution in [3.63, 3.8) is 0 Å². The molecular formula is C31H25ClFN3O4S. The fraction of sp³-hybridized carbons (Fsp3) is 0.0645. The van der Waals surface area contributed by atoms with E-state index >= 15 is 0 Å². The molecule has 0 bridgehead atoms. The van der Waals surface area contributed by atoms with Crippen molar-refractivity contribution >= 4 is 58.5 Å². The van der Waals surface area contributed by atoms with E-state index in [1.165, 1.54) is 49.2 Å². The maximum Gasteiger partial charge on any atom is 0.272 e. The predicted molar refractivity (Wildman–Crippen MR) is 161 cm³/mol. The number of rotatable bonds is 10. The van der Waals surface area contributed by atoms with Crippen molar-refractivity contribution < 1.29 is 23.5 Å². The van der Waals surface area contributed by atoms with Crippen LogP contribution in [0.2, 0.25) is 5.02 Å². The zero-order valence-electron chi connectivity index (χ0n) is 21.8. The molecule has 4 aromatic carbocycles. The van der Waals surface area contributed by atoms with E-state index in [1.807, 2.05) is 0 Å². The van der Waals surface area contributed by atoms with Crippen molar-refractivity contribution in [2.24, 2.45) is 0 Å². The van der Waals surface area contributed by atoms with Gasteiger partial charge in [-0.3, -0.25) is 14.4 Å². The minimum Gasteiger partial charge on any atom is -0.495 e. The second-order valence-corrected chi connectivity index (χ2v) is 10.1. The second-order valence-electron chi connectivity index (χ2n) is 8.59. The van der Waals surface area contributed by atoms with Gasteiger partial charge in [0.05, 0.1) is 17.9 Å². The molecule has 0 aliphatic carbocycles. The molecule has 3 N–H and O–H groups in total. The molecule has 4 aromatic rings. The third-order valence-corrected chi connectivity index (χ3v) is 6.93. The van der Waals surface area contributed by atoms with E-state index in [9.17, 15) is 18.8 Å². The molecule has 0 radical (unpaired) electrons. The Labute approximate surface area is 245 Å². The monoisotopic (exact) mass is 589 g/mol. The summed E-state index contributed by atoms with van der Waals surface area (Å²) in [6.07, 6.45) is 1.47.